The number of rotatable bonds is 6. The van der Waals surface area contributed by atoms with Gasteiger partial charge in [0.05, 0.1) is 11.0 Å². The number of aliphatic hydroxyl groups is 1. The molecule has 138 valence electrons. The molecule has 2 N–H and O–H groups in total. The van der Waals surface area contributed by atoms with E-state index in [1.807, 2.05) is 25.1 Å². The fourth-order valence-electron chi connectivity index (χ4n) is 4.02. The Morgan fingerprint density at radius 1 is 1.42 bits per heavy atom. The van der Waals surface area contributed by atoms with E-state index in [4.69, 9.17) is 4.74 Å². The molecule has 0 spiro atoms. The van der Waals surface area contributed by atoms with Gasteiger partial charge >= 0.3 is 0 Å². The Hall–Kier alpha value is -1.85. The van der Waals surface area contributed by atoms with Crippen molar-refractivity contribution >= 4 is 17.2 Å². The molecule has 1 saturated carbocycles. The summed E-state index contributed by atoms with van der Waals surface area (Å²) in [4.78, 5) is 14.9. The van der Waals surface area contributed by atoms with Crippen molar-refractivity contribution in [1.29, 1.82) is 0 Å². The molecular weight excluding hydrogens is 346 g/mol. The predicted octanol–water partition coefficient (Wildman–Crippen LogP) is 3.71. The van der Waals surface area contributed by atoms with Crippen LogP contribution < -0.4 is 10.1 Å². The fraction of sp³-hybridized carbons (Fsp3) is 0.476. The van der Waals surface area contributed by atoms with Crippen molar-refractivity contribution in [2.24, 2.45) is 5.92 Å². The van der Waals surface area contributed by atoms with E-state index in [9.17, 15) is 9.90 Å². The zero-order valence-corrected chi connectivity index (χ0v) is 16.3. The molecule has 0 aliphatic heterocycles. The molecule has 2 aliphatic carbocycles. The smallest absolute Gasteiger partial charge is 0.261 e. The molecule has 26 heavy (non-hydrogen) atoms. The lowest BCUT2D eigenvalue weighted by Gasteiger charge is -2.12. The first kappa shape index (κ1) is 17.6. The van der Waals surface area contributed by atoms with E-state index in [1.54, 1.807) is 18.3 Å². The average molecular weight is 372 g/mol. The highest BCUT2D eigenvalue weighted by molar-refractivity contribution is 7.14. The molecule has 5 heteroatoms. The third-order valence-corrected chi connectivity index (χ3v) is 6.53. The molecule has 1 unspecified atom stereocenters. The molecule has 4 nitrogen and oxygen atoms in total. The van der Waals surface area contributed by atoms with Crippen LogP contribution in [0.15, 0.2) is 18.2 Å². The third kappa shape index (κ3) is 3.26. The van der Waals surface area contributed by atoms with Crippen LogP contribution in [0.5, 0.6) is 5.75 Å². The van der Waals surface area contributed by atoms with Crippen molar-refractivity contribution in [1.82, 2.24) is 5.32 Å². The van der Waals surface area contributed by atoms with Crippen LogP contribution >= 0.6 is 11.3 Å². The number of hydrogen-bond acceptors (Lipinski definition) is 4. The highest BCUT2D eigenvalue weighted by atomic mass is 32.1. The number of aliphatic hydroxyl groups excluding tert-OH is 1. The number of aryl methyl sites for hydroxylation is 2. The van der Waals surface area contributed by atoms with Gasteiger partial charge in [0.2, 0.25) is 0 Å². The minimum atomic E-state index is -0.490. The minimum absolute atomic E-state index is 0.0488. The fourth-order valence-corrected chi connectivity index (χ4v) is 5.19. The highest BCUT2D eigenvalue weighted by Crippen LogP contribution is 2.59. The van der Waals surface area contributed by atoms with E-state index in [-0.39, 0.29) is 12.5 Å². The molecular formula is C21H25NO3S. The SMILES string of the molecule is Cc1cc(CNC(=O)c2sc(C)c3c2C[C@H]2C[C@@H]32)ccc1OCC(C)O. The Morgan fingerprint density at radius 3 is 2.96 bits per heavy atom. The van der Waals surface area contributed by atoms with Gasteiger partial charge in [0.25, 0.3) is 5.91 Å². The predicted molar refractivity (Wildman–Crippen MR) is 103 cm³/mol. The zero-order chi connectivity index (χ0) is 18.4. The zero-order valence-electron chi connectivity index (χ0n) is 15.5. The lowest BCUT2D eigenvalue weighted by atomic mass is 10.1. The van der Waals surface area contributed by atoms with Crippen molar-refractivity contribution in [3.63, 3.8) is 0 Å². The Morgan fingerprint density at radius 2 is 2.23 bits per heavy atom. The molecule has 4 rings (SSSR count). The lowest BCUT2D eigenvalue weighted by Crippen LogP contribution is -2.23. The summed E-state index contributed by atoms with van der Waals surface area (Å²) in [5.74, 6) is 2.36. The number of fused-ring (bicyclic) bond motifs is 3. The second-order valence-corrected chi connectivity index (χ2v) is 8.85. The quantitative estimate of drug-likeness (QED) is 0.814. The van der Waals surface area contributed by atoms with Crippen molar-refractivity contribution in [3.8, 4) is 5.75 Å². The average Bonchev–Trinajstić information content (AvgIpc) is 3.12. The van der Waals surface area contributed by atoms with E-state index >= 15 is 0 Å². The van der Waals surface area contributed by atoms with Crippen LogP contribution in [0.2, 0.25) is 0 Å². The maximum absolute atomic E-state index is 12.7. The van der Waals surface area contributed by atoms with Gasteiger partial charge in [-0.3, -0.25) is 4.79 Å². The molecule has 0 radical (unpaired) electrons. The summed E-state index contributed by atoms with van der Waals surface area (Å²) in [6.07, 6.45) is 1.91. The van der Waals surface area contributed by atoms with Gasteiger partial charge < -0.3 is 15.2 Å². The van der Waals surface area contributed by atoms with Crippen molar-refractivity contribution in [2.75, 3.05) is 6.61 Å². The maximum Gasteiger partial charge on any atom is 0.261 e. The third-order valence-electron chi connectivity index (χ3n) is 5.37. The summed E-state index contributed by atoms with van der Waals surface area (Å²) in [6.45, 7) is 6.61. The highest BCUT2D eigenvalue weighted by Gasteiger charge is 2.48. The van der Waals surface area contributed by atoms with Crippen LogP contribution in [0.25, 0.3) is 0 Å². The Labute approximate surface area is 158 Å². The normalized spacial score (nSPS) is 21.1. The number of ether oxygens (including phenoxy) is 1. The van der Waals surface area contributed by atoms with E-state index in [2.05, 4.69) is 12.2 Å². The van der Waals surface area contributed by atoms with Gasteiger partial charge in [-0.2, -0.15) is 0 Å². The summed E-state index contributed by atoms with van der Waals surface area (Å²) in [6, 6.07) is 5.89. The topological polar surface area (TPSA) is 58.6 Å². The van der Waals surface area contributed by atoms with Crippen molar-refractivity contribution < 1.29 is 14.6 Å². The molecule has 2 aliphatic rings. The molecule has 1 aromatic heterocycles. The summed E-state index contributed by atoms with van der Waals surface area (Å²) in [5.41, 5.74) is 4.84. The summed E-state index contributed by atoms with van der Waals surface area (Å²) < 4.78 is 5.58. The largest absolute Gasteiger partial charge is 0.491 e. The molecule has 0 bridgehead atoms. The Balaban J connectivity index is 1.40. The van der Waals surface area contributed by atoms with Crippen LogP contribution in [0.4, 0.5) is 0 Å². The summed E-state index contributed by atoms with van der Waals surface area (Å²) in [7, 11) is 0. The summed E-state index contributed by atoms with van der Waals surface area (Å²) >= 11 is 1.65. The molecule has 1 fully saturated rings. The van der Waals surface area contributed by atoms with E-state index < -0.39 is 6.10 Å². The van der Waals surface area contributed by atoms with E-state index in [0.29, 0.717) is 6.54 Å². The first-order valence-electron chi connectivity index (χ1n) is 9.24. The molecule has 2 aromatic rings. The van der Waals surface area contributed by atoms with Crippen LogP contribution in [0.3, 0.4) is 0 Å². The number of benzene rings is 1. The van der Waals surface area contributed by atoms with Gasteiger partial charge in [0.15, 0.2) is 0 Å². The number of carbonyl (C=O) groups excluding carboxylic acids is 1. The standard InChI is InChI=1S/C21H25NO3S/c1-11-6-14(4-5-18(11)25-10-12(2)23)9-22-21(24)20-17-8-15-7-16(15)19(17)13(3)26-20/h4-6,12,15-16,23H,7-10H2,1-3H3,(H,22,24)/t12?,15-,16-/m1/s1. The van der Waals surface area contributed by atoms with Gasteiger partial charge in [0.1, 0.15) is 12.4 Å². The van der Waals surface area contributed by atoms with Crippen molar-refractivity contribution in [3.05, 3.63) is 50.2 Å². The summed E-state index contributed by atoms with van der Waals surface area (Å²) in [5, 5.41) is 12.4. The second-order valence-electron chi connectivity index (χ2n) is 7.63. The molecule has 3 atom stereocenters. The van der Waals surface area contributed by atoms with Crippen LogP contribution in [-0.4, -0.2) is 23.7 Å². The number of nitrogens with one attached hydrogen (secondary N) is 1. The molecule has 1 aromatic carbocycles. The number of thiophene rings is 1. The number of hydrogen-bond donors (Lipinski definition) is 2. The van der Waals surface area contributed by atoms with Gasteiger partial charge in [-0.1, -0.05) is 12.1 Å². The number of amides is 1. The minimum Gasteiger partial charge on any atom is -0.491 e. The lowest BCUT2D eigenvalue weighted by molar-refractivity contribution is 0.0954. The second kappa shape index (κ2) is 6.71. The van der Waals surface area contributed by atoms with Gasteiger partial charge in [-0.25, -0.2) is 0 Å². The molecule has 1 heterocycles. The van der Waals surface area contributed by atoms with Gasteiger partial charge in [0, 0.05) is 11.4 Å². The van der Waals surface area contributed by atoms with E-state index in [1.165, 1.54) is 22.4 Å². The van der Waals surface area contributed by atoms with Gasteiger partial charge in [-0.05, 0) is 73.8 Å². The van der Waals surface area contributed by atoms with E-state index in [0.717, 1.165) is 40.0 Å². The first-order chi connectivity index (χ1) is 12.4. The first-order valence-corrected chi connectivity index (χ1v) is 10.1. The van der Waals surface area contributed by atoms with Crippen molar-refractivity contribution in [2.45, 2.75) is 52.2 Å². The van der Waals surface area contributed by atoms with Crippen LogP contribution in [0.1, 0.15) is 56.1 Å². The Bertz CT molecular complexity index is 855. The monoisotopic (exact) mass is 371 g/mol. The molecule has 1 amide bonds. The van der Waals surface area contributed by atoms with Crippen LogP contribution in [-0.2, 0) is 13.0 Å². The molecule has 0 saturated heterocycles. The number of carbonyl (C=O) groups is 1. The maximum atomic E-state index is 12.7. The van der Waals surface area contributed by atoms with Crippen LogP contribution in [0, 0.1) is 19.8 Å². The Kier molecular flexibility index (Phi) is 4.53. The van der Waals surface area contributed by atoms with Gasteiger partial charge in [-0.15, -0.1) is 11.3 Å².